The van der Waals surface area contributed by atoms with Crippen LogP contribution in [0, 0.1) is 39.9 Å². The second kappa shape index (κ2) is 10.2. The molecule has 0 spiro atoms. The topological polar surface area (TPSA) is 74.0 Å². The Labute approximate surface area is 207 Å². The Morgan fingerprint density at radius 3 is 2.50 bits per heavy atom. The second-order valence-corrected chi connectivity index (χ2v) is 6.39. The molecular formula is C20H13ClF2N5OTh-. The van der Waals surface area contributed by atoms with Crippen LogP contribution >= 0.6 is 11.6 Å². The number of fused-ring (bicyclic) bond motifs is 1. The maximum absolute atomic E-state index is 12.3. The standard InChI is InChI=1S/C20H13ClF2N5O.Th/c21-16-8-15(4-6-18(16)29-19(22)23)27-20-24-9-13(10-25-20)2-1-12-3-5-17-14(7-12)11-26-28-17;/h1-11,19H,(H-,24,25,26,27,28);/q-1;/b2-1+;. The Hall–Kier alpha value is -2.20. The van der Waals surface area contributed by atoms with Crippen LogP contribution in [-0.4, -0.2) is 21.7 Å². The maximum atomic E-state index is 12.3. The van der Waals surface area contributed by atoms with E-state index in [1.165, 1.54) is 12.1 Å². The van der Waals surface area contributed by atoms with Crippen LogP contribution in [0.15, 0.2) is 55.0 Å². The van der Waals surface area contributed by atoms with Crippen molar-refractivity contribution in [1.82, 2.24) is 20.2 Å². The first-order valence-corrected chi connectivity index (χ1v) is 8.84. The van der Waals surface area contributed by atoms with Crippen LogP contribution in [0.3, 0.4) is 0 Å². The van der Waals surface area contributed by atoms with E-state index in [1.54, 1.807) is 24.7 Å². The summed E-state index contributed by atoms with van der Waals surface area (Å²) in [5.74, 6) is 0.246. The Kier molecular flexibility index (Phi) is 7.66. The Morgan fingerprint density at radius 1 is 1.00 bits per heavy atom. The van der Waals surface area contributed by atoms with Crippen LogP contribution in [0.25, 0.3) is 23.1 Å². The van der Waals surface area contributed by atoms with Crippen LogP contribution in [-0.2, 0) is 0 Å². The van der Waals surface area contributed by atoms with Crippen LogP contribution in [0.2, 0.25) is 5.02 Å². The van der Waals surface area contributed by atoms with Crippen molar-refractivity contribution in [2.75, 3.05) is 5.32 Å². The molecule has 0 unspecified atom stereocenters. The number of alkyl halides is 2. The minimum Gasteiger partial charge on any atom is -0.575 e. The first-order valence-electron chi connectivity index (χ1n) is 8.46. The molecule has 0 amide bonds. The smallest absolute Gasteiger partial charge is 0.387 e. The number of ether oxygens (including phenoxy) is 1. The van der Waals surface area contributed by atoms with E-state index >= 15 is 0 Å². The van der Waals surface area contributed by atoms with E-state index in [1.807, 2.05) is 30.4 Å². The molecule has 0 saturated heterocycles. The minimum absolute atomic E-state index is 0. The number of rotatable bonds is 6. The van der Waals surface area contributed by atoms with Crippen molar-refractivity contribution in [3.05, 3.63) is 71.1 Å². The van der Waals surface area contributed by atoms with Gasteiger partial charge in [0.25, 0.3) is 0 Å². The van der Waals surface area contributed by atoms with Gasteiger partial charge in [0, 0.05) is 69.8 Å². The molecular weight excluding hydrogens is 632 g/mol. The van der Waals surface area contributed by atoms with Crippen LogP contribution in [0.4, 0.5) is 20.4 Å². The van der Waals surface area contributed by atoms with Gasteiger partial charge in [0.15, 0.2) is 0 Å². The van der Waals surface area contributed by atoms with Crippen molar-refractivity contribution in [2.45, 2.75) is 6.61 Å². The summed E-state index contributed by atoms with van der Waals surface area (Å²) in [5.41, 5.74) is 3.23. The molecule has 0 fully saturated rings. The fraction of sp³-hybridized carbons (Fsp3) is 0.0500. The third-order valence-electron chi connectivity index (χ3n) is 3.96. The third-order valence-corrected chi connectivity index (χ3v) is 4.25. The Bertz CT molecular complexity index is 1170. The SMILES string of the molecule is FC(F)Oc1ccc(Nc2ncc(/C=C/c3ccc4[n-]ncc4c3)cn2)cc1Cl.[Th]. The number of nitrogens with zero attached hydrogens (tertiary/aromatic N) is 4. The molecule has 150 valence electrons. The predicted molar refractivity (Wildman–Crippen MR) is 107 cm³/mol. The number of halogens is 3. The Morgan fingerprint density at radius 2 is 1.77 bits per heavy atom. The quantitative estimate of drug-likeness (QED) is 0.313. The number of hydrogen-bond donors (Lipinski definition) is 1. The van der Waals surface area contributed by atoms with Gasteiger partial charge < -0.3 is 20.3 Å². The largest absolute Gasteiger partial charge is 0.575 e. The molecule has 0 saturated carbocycles. The summed E-state index contributed by atoms with van der Waals surface area (Å²) in [6.45, 7) is -2.94. The molecule has 4 rings (SSSR count). The molecule has 2 heterocycles. The van der Waals surface area contributed by atoms with Gasteiger partial charge >= 0.3 is 6.61 Å². The van der Waals surface area contributed by atoms with E-state index in [4.69, 9.17) is 11.6 Å². The van der Waals surface area contributed by atoms with Gasteiger partial charge in [-0.05, 0) is 35.2 Å². The van der Waals surface area contributed by atoms with Crippen molar-refractivity contribution >= 4 is 46.3 Å². The van der Waals surface area contributed by atoms with Crippen molar-refractivity contribution < 1.29 is 53.5 Å². The van der Waals surface area contributed by atoms with Gasteiger partial charge in [0.05, 0.1) is 5.02 Å². The van der Waals surface area contributed by atoms with Gasteiger partial charge in [-0.1, -0.05) is 35.9 Å². The molecule has 0 aliphatic rings. The molecule has 0 radical (unpaired) electrons. The van der Waals surface area contributed by atoms with Crippen molar-refractivity contribution in [3.8, 4) is 5.75 Å². The maximum Gasteiger partial charge on any atom is 0.387 e. The molecule has 0 atom stereocenters. The molecule has 10 heteroatoms. The fourth-order valence-electron chi connectivity index (χ4n) is 2.60. The van der Waals surface area contributed by atoms with Gasteiger partial charge in [-0.15, -0.1) is 5.52 Å². The molecule has 0 bridgehead atoms. The van der Waals surface area contributed by atoms with Crippen molar-refractivity contribution in [2.24, 2.45) is 0 Å². The summed E-state index contributed by atoms with van der Waals surface area (Å²) >= 11 is 5.94. The van der Waals surface area contributed by atoms with Gasteiger partial charge in [0.1, 0.15) is 5.75 Å². The van der Waals surface area contributed by atoms with Crippen LogP contribution in [0.5, 0.6) is 5.75 Å². The molecule has 2 aromatic heterocycles. The van der Waals surface area contributed by atoms with E-state index in [9.17, 15) is 8.78 Å². The van der Waals surface area contributed by atoms with Gasteiger partial charge in [-0.2, -0.15) is 8.78 Å². The predicted octanol–water partition coefficient (Wildman–Crippen LogP) is 5.15. The zero-order valence-electron chi connectivity index (χ0n) is 15.3. The minimum atomic E-state index is -2.94. The molecule has 2 aromatic carbocycles. The summed E-state index contributed by atoms with van der Waals surface area (Å²) in [7, 11) is 0. The Balaban J connectivity index is 0.00000256. The zero-order valence-corrected chi connectivity index (χ0v) is 20.1. The van der Waals surface area contributed by atoms with Crippen LogP contribution in [0.1, 0.15) is 11.1 Å². The van der Waals surface area contributed by atoms with E-state index in [0.29, 0.717) is 11.6 Å². The zero-order chi connectivity index (χ0) is 20.2. The van der Waals surface area contributed by atoms with Gasteiger partial charge in [-0.3, -0.25) is 0 Å². The molecule has 1 N–H and O–H groups in total. The summed E-state index contributed by atoms with van der Waals surface area (Å²) in [6.07, 6.45) is 8.87. The summed E-state index contributed by atoms with van der Waals surface area (Å²) in [4.78, 5) is 8.48. The van der Waals surface area contributed by atoms with Crippen molar-refractivity contribution in [1.29, 1.82) is 0 Å². The monoisotopic (exact) mass is 644 g/mol. The number of aromatic nitrogens is 4. The average Bonchev–Trinajstić information content (AvgIpc) is 3.17. The normalized spacial score (nSPS) is 11.1. The van der Waals surface area contributed by atoms with Gasteiger partial charge in [-0.25, -0.2) is 9.97 Å². The van der Waals surface area contributed by atoms with Gasteiger partial charge in [0.2, 0.25) is 5.95 Å². The first-order chi connectivity index (χ1) is 14.1. The average molecular weight is 645 g/mol. The number of anilines is 2. The molecule has 0 aliphatic heterocycles. The van der Waals surface area contributed by atoms with E-state index in [0.717, 1.165) is 22.0 Å². The fourth-order valence-corrected chi connectivity index (χ4v) is 2.83. The second-order valence-electron chi connectivity index (χ2n) is 5.98. The van der Waals surface area contributed by atoms with E-state index < -0.39 is 6.61 Å². The molecule has 6 nitrogen and oxygen atoms in total. The number of hydrogen-bond acceptors (Lipinski definition) is 5. The van der Waals surface area contributed by atoms with E-state index in [-0.39, 0.29) is 50.7 Å². The number of nitrogens with one attached hydrogen (secondary N) is 1. The number of benzene rings is 2. The third kappa shape index (κ3) is 5.69. The molecule has 30 heavy (non-hydrogen) atoms. The van der Waals surface area contributed by atoms with E-state index in [2.05, 4.69) is 30.2 Å². The first kappa shape index (κ1) is 22.5. The van der Waals surface area contributed by atoms with Crippen LogP contribution < -0.4 is 15.2 Å². The molecule has 0 aliphatic carbocycles. The van der Waals surface area contributed by atoms with Crippen molar-refractivity contribution in [3.63, 3.8) is 0 Å². The summed E-state index contributed by atoms with van der Waals surface area (Å²) in [6, 6.07) is 10.2. The summed E-state index contributed by atoms with van der Waals surface area (Å²) in [5, 5.41) is 11.9. The molecule has 4 aromatic rings. The summed E-state index contributed by atoms with van der Waals surface area (Å²) < 4.78 is 28.9.